The van der Waals surface area contributed by atoms with Crippen LogP contribution in [0.5, 0.6) is 0 Å². The van der Waals surface area contributed by atoms with Gasteiger partial charge >= 0.3 is 0 Å². The standard InChI is InChI=1S/C9H14F2N4O3S/c10-8(11)6-18-4-3-14-19(16,17)7-1-2-9(15-12)13-5-7/h1-2,5,8,14H,3-4,6,12H2,(H,13,15). The summed E-state index contributed by atoms with van der Waals surface area (Å²) in [6.45, 7) is -0.967. The van der Waals surface area contributed by atoms with Crippen molar-refractivity contribution in [3.05, 3.63) is 18.3 Å². The van der Waals surface area contributed by atoms with Crippen LogP contribution in [0.3, 0.4) is 0 Å². The molecule has 0 atom stereocenters. The van der Waals surface area contributed by atoms with Crippen molar-refractivity contribution in [2.75, 3.05) is 25.2 Å². The summed E-state index contributed by atoms with van der Waals surface area (Å²) >= 11 is 0. The van der Waals surface area contributed by atoms with Crippen molar-refractivity contribution in [3.63, 3.8) is 0 Å². The summed E-state index contributed by atoms with van der Waals surface area (Å²) in [5.41, 5.74) is 2.26. The summed E-state index contributed by atoms with van der Waals surface area (Å²) in [6, 6.07) is 2.70. The van der Waals surface area contributed by atoms with Gasteiger partial charge in [0.15, 0.2) is 0 Å². The molecule has 19 heavy (non-hydrogen) atoms. The van der Waals surface area contributed by atoms with E-state index in [4.69, 9.17) is 5.84 Å². The van der Waals surface area contributed by atoms with Crippen molar-refractivity contribution in [3.8, 4) is 0 Å². The Bertz CT molecular complexity index is 481. The van der Waals surface area contributed by atoms with Gasteiger partial charge < -0.3 is 10.2 Å². The van der Waals surface area contributed by atoms with Crippen LogP contribution in [-0.4, -0.2) is 39.6 Å². The first kappa shape index (κ1) is 15.7. The smallest absolute Gasteiger partial charge is 0.261 e. The Morgan fingerprint density at radius 1 is 1.42 bits per heavy atom. The molecule has 0 aliphatic heterocycles. The minimum Gasteiger partial charge on any atom is -0.374 e. The van der Waals surface area contributed by atoms with E-state index < -0.39 is 23.1 Å². The van der Waals surface area contributed by atoms with Crippen molar-refractivity contribution >= 4 is 15.8 Å². The minimum absolute atomic E-state index is 0.0552. The highest BCUT2D eigenvalue weighted by molar-refractivity contribution is 7.89. The van der Waals surface area contributed by atoms with Gasteiger partial charge in [0.05, 0.1) is 6.61 Å². The fraction of sp³-hybridized carbons (Fsp3) is 0.444. The molecule has 0 radical (unpaired) electrons. The van der Waals surface area contributed by atoms with Gasteiger partial charge in [-0.25, -0.2) is 32.7 Å². The summed E-state index contributed by atoms with van der Waals surface area (Å²) < 4.78 is 53.7. The zero-order valence-electron chi connectivity index (χ0n) is 9.84. The van der Waals surface area contributed by atoms with Gasteiger partial charge in [0.25, 0.3) is 6.43 Å². The Hall–Kier alpha value is -1.36. The molecule has 0 unspecified atom stereocenters. The molecule has 108 valence electrons. The number of aromatic nitrogens is 1. The lowest BCUT2D eigenvalue weighted by atomic mass is 10.5. The Labute approximate surface area is 109 Å². The number of sulfonamides is 1. The van der Waals surface area contributed by atoms with Crippen LogP contribution in [0.2, 0.25) is 0 Å². The van der Waals surface area contributed by atoms with Gasteiger partial charge in [0, 0.05) is 12.7 Å². The number of alkyl halides is 2. The van der Waals surface area contributed by atoms with E-state index in [1.165, 1.54) is 12.1 Å². The number of hydrazine groups is 1. The normalized spacial score (nSPS) is 11.8. The van der Waals surface area contributed by atoms with E-state index in [2.05, 4.69) is 19.9 Å². The molecule has 0 aromatic carbocycles. The van der Waals surface area contributed by atoms with E-state index in [0.29, 0.717) is 5.82 Å². The molecule has 10 heteroatoms. The second-order valence-corrected chi connectivity index (χ2v) is 5.15. The largest absolute Gasteiger partial charge is 0.374 e. The Balaban J connectivity index is 2.46. The van der Waals surface area contributed by atoms with Crippen molar-refractivity contribution < 1.29 is 21.9 Å². The average Bonchev–Trinajstić information content (AvgIpc) is 2.38. The van der Waals surface area contributed by atoms with Crippen LogP contribution >= 0.6 is 0 Å². The Kier molecular flexibility index (Phi) is 6.02. The highest BCUT2D eigenvalue weighted by Crippen LogP contribution is 2.09. The number of hydrogen-bond acceptors (Lipinski definition) is 6. The van der Waals surface area contributed by atoms with Gasteiger partial charge in [-0.1, -0.05) is 0 Å². The molecule has 0 aliphatic rings. The van der Waals surface area contributed by atoms with Crippen molar-refractivity contribution in [1.82, 2.24) is 9.71 Å². The number of pyridine rings is 1. The van der Waals surface area contributed by atoms with Crippen LogP contribution in [-0.2, 0) is 14.8 Å². The first-order valence-electron chi connectivity index (χ1n) is 5.24. The molecule has 0 spiro atoms. The van der Waals surface area contributed by atoms with Crippen LogP contribution in [0.15, 0.2) is 23.2 Å². The van der Waals surface area contributed by atoms with E-state index in [9.17, 15) is 17.2 Å². The first-order valence-corrected chi connectivity index (χ1v) is 6.72. The zero-order valence-corrected chi connectivity index (χ0v) is 10.7. The minimum atomic E-state index is -3.73. The maximum atomic E-state index is 11.7. The number of nitrogens with two attached hydrogens (primary N) is 1. The number of ether oxygens (including phenoxy) is 1. The van der Waals surface area contributed by atoms with E-state index in [-0.39, 0.29) is 18.0 Å². The monoisotopic (exact) mass is 296 g/mol. The van der Waals surface area contributed by atoms with Crippen molar-refractivity contribution in [1.29, 1.82) is 0 Å². The van der Waals surface area contributed by atoms with Gasteiger partial charge in [-0.15, -0.1) is 0 Å². The van der Waals surface area contributed by atoms with Crippen LogP contribution in [0, 0.1) is 0 Å². The molecule has 0 fully saturated rings. The summed E-state index contributed by atoms with van der Waals surface area (Å²) in [6.07, 6.45) is -1.45. The lowest BCUT2D eigenvalue weighted by molar-refractivity contribution is 0.0199. The highest BCUT2D eigenvalue weighted by Gasteiger charge is 2.13. The summed E-state index contributed by atoms with van der Waals surface area (Å²) in [4.78, 5) is 3.69. The first-order chi connectivity index (χ1) is 8.95. The topological polar surface area (TPSA) is 106 Å². The number of hydrogen-bond donors (Lipinski definition) is 3. The molecule has 0 bridgehead atoms. The Morgan fingerprint density at radius 3 is 2.68 bits per heavy atom. The number of nitrogens with one attached hydrogen (secondary N) is 2. The van der Waals surface area contributed by atoms with Gasteiger partial charge in [0.1, 0.15) is 17.3 Å². The molecule has 1 aromatic rings. The fourth-order valence-corrected chi connectivity index (χ4v) is 2.09. The molecule has 0 saturated carbocycles. The molecular formula is C9H14F2N4O3S. The van der Waals surface area contributed by atoms with Crippen LogP contribution < -0.4 is 16.0 Å². The van der Waals surface area contributed by atoms with E-state index in [0.717, 1.165) is 6.20 Å². The lowest BCUT2D eigenvalue weighted by Gasteiger charge is -2.07. The number of anilines is 1. The quantitative estimate of drug-likeness (QED) is 0.352. The number of halogens is 2. The number of nitrogen functional groups attached to an aromatic ring is 1. The highest BCUT2D eigenvalue weighted by atomic mass is 32.2. The molecular weight excluding hydrogens is 282 g/mol. The van der Waals surface area contributed by atoms with Gasteiger partial charge in [0.2, 0.25) is 10.0 Å². The van der Waals surface area contributed by atoms with Gasteiger partial charge in [-0.05, 0) is 12.1 Å². The SMILES string of the molecule is NNc1ccc(S(=O)(=O)NCCOCC(F)F)cn1. The average molecular weight is 296 g/mol. The van der Waals surface area contributed by atoms with Gasteiger partial charge in [-0.2, -0.15) is 0 Å². The van der Waals surface area contributed by atoms with E-state index in [1.54, 1.807) is 0 Å². The third kappa shape index (κ3) is 5.42. The number of rotatable bonds is 8. The van der Waals surface area contributed by atoms with Crippen molar-refractivity contribution in [2.45, 2.75) is 11.3 Å². The molecule has 1 heterocycles. The molecule has 0 saturated heterocycles. The fourth-order valence-electron chi connectivity index (χ4n) is 1.13. The van der Waals surface area contributed by atoms with Gasteiger partial charge in [-0.3, -0.25) is 0 Å². The van der Waals surface area contributed by atoms with Crippen LogP contribution in [0.25, 0.3) is 0 Å². The molecule has 0 amide bonds. The molecule has 4 N–H and O–H groups in total. The zero-order chi connectivity index (χ0) is 14.3. The summed E-state index contributed by atoms with van der Waals surface area (Å²) in [5.74, 6) is 5.41. The molecule has 1 aromatic heterocycles. The lowest BCUT2D eigenvalue weighted by Crippen LogP contribution is -2.28. The maximum Gasteiger partial charge on any atom is 0.261 e. The maximum absolute atomic E-state index is 11.7. The predicted molar refractivity (Wildman–Crippen MR) is 64.1 cm³/mol. The second-order valence-electron chi connectivity index (χ2n) is 3.39. The summed E-state index contributed by atoms with van der Waals surface area (Å²) in [5, 5.41) is 0. The molecule has 7 nitrogen and oxygen atoms in total. The Morgan fingerprint density at radius 2 is 2.16 bits per heavy atom. The predicted octanol–water partition coefficient (Wildman–Crippen LogP) is -0.0728. The number of nitrogens with zero attached hydrogens (tertiary/aromatic N) is 1. The van der Waals surface area contributed by atoms with Crippen LogP contribution in [0.1, 0.15) is 0 Å². The van der Waals surface area contributed by atoms with Crippen molar-refractivity contribution in [2.24, 2.45) is 5.84 Å². The van der Waals surface area contributed by atoms with E-state index in [1.807, 2.05) is 0 Å². The van der Waals surface area contributed by atoms with Crippen LogP contribution in [0.4, 0.5) is 14.6 Å². The third-order valence-corrected chi connectivity index (χ3v) is 3.42. The second kappa shape index (κ2) is 7.28. The third-order valence-electron chi connectivity index (χ3n) is 1.98. The van der Waals surface area contributed by atoms with E-state index >= 15 is 0 Å². The molecule has 0 aliphatic carbocycles. The summed E-state index contributed by atoms with van der Waals surface area (Å²) in [7, 11) is -3.73. The molecule has 1 rings (SSSR count).